The van der Waals surface area contributed by atoms with E-state index in [1.54, 1.807) is 0 Å². The molecule has 3 rings (SSSR count). The Morgan fingerprint density at radius 2 is 1.14 bits per heavy atom. The molecule has 0 spiro atoms. The largest absolute Gasteiger partial charge is 0.393 e. The summed E-state index contributed by atoms with van der Waals surface area (Å²) in [6, 6.07) is 25.0. The molecule has 6 heteroatoms. The number of aliphatic hydroxyl groups is 1. The average Bonchev–Trinajstić information content (AvgIpc) is 2.81. The second-order valence-corrected chi connectivity index (χ2v) is 8.59. The molecule has 1 N–H and O–H groups in total. The molecule has 35 heavy (non-hydrogen) atoms. The predicted octanol–water partition coefficient (Wildman–Crippen LogP) is 7.33. The van der Waals surface area contributed by atoms with Crippen LogP contribution in [-0.4, -0.2) is 30.2 Å². The number of benzene rings is 3. The van der Waals surface area contributed by atoms with Gasteiger partial charge in [0.2, 0.25) is 12.9 Å². The van der Waals surface area contributed by atoms with Crippen LogP contribution in [0.15, 0.2) is 78.9 Å². The Morgan fingerprint density at radius 3 is 1.66 bits per heavy atom. The maximum atomic E-state index is 12.7. The monoisotopic (exact) mass is 490 g/mol. The average molecular weight is 491 g/mol. The summed E-state index contributed by atoms with van der Waals surface area (Å²) in [5.74, 6) is 0. The standard InChI is InChI=1S/C18H20F2O.C11H14F2O/c1-14-7-5-6-10-16(14)11-17(12-18(19)20)21-13-15-8-3-2-4-9-15;1-8-4-2-3-5-9(8)6-10(14)7-11(12)13/h2-10,17-18H,11-13H2,1H3;2-5,10-11,14H,6-7H2,1H3. The van der Waals surface area contributed by atoms with Crippen molar-refractivity contribution in [3.05, 3.63) is 107 Å². The number of alkyl halides is 4. The molecule has 0 saturated carbocycles. The number of ether oxygens (including phenoxy) is 1. The fourth-order valence-corrected chi connectivity index (χ4v) is 3.66. The highest BCUT2D eigenvalue weighted by Crippen LogP contribution is 2.18. The fraction of sp³-hybridized carbons (Fsp3) is 0.379. The van der Waals surface area contributed by atoms with E-state index in [-0.39, 0.29) is 6.42 Å². The van der Waals surface area contributed by atoms with E-state index in [1.165, 1.54) is 0 Å². The molecule has 0 saturated heterocycles. The third-order valence-electron chi connectivity index (χ3n) is 5.65. The van der Waals surface area contributed by atoms with E-state index < -0.39 is 31.5 Å². The van der Waals surface area contributed by atoms with Gasteiger partial charge < -0.3 is 9.84 Å². The number of hydrogen-bond donors (Lipinski definition) is 1. The number of halogens is 4. The van der Waals surface area contributed by atoms with Gasteiger partial charge in [0.25, 0.3) is 0 Å². The van der Waals surface area contributed by atoms with E-state index in [1.807, 2.05) is 92.7 Å². The van der Waals surface area contributed by atoms with Crippen molar-refractivity contribution < 1.29 is 27.4 Å². The first-order chi connectivity index (χ1) is 16.7. The molecule has 2 nitrogen and oxygen atoms in total. The zero-order valence-electron chi connectivity index (χ0n) is 20.2. The Balaban J connectivity index is 0.000000269. The van der Waals surface area contributed by atoms with Crippen molar-refractivity contribution in [1.82, 2.24) is 0 Å². The topological polar surface area (TPSA) is 29.5 Å². The number of aliphatic hydroxyl groups excluding tert-OH is 1. The lowest BCUT2D eigenvalue weighted by molar-refractivity contribution is -0.00508. The van der Waals surface area contributed by atoms with E-state index in [9.17, 15) is 22.7 Å². The van der Waals surface area contributed by atoms with Crippen molar-refractivity contribution in [2.75, 3.05) is 0 Å². The fourth-order valence-electron chi connectivity index (χ4n) is 3.66. The van der Waals surface area contributed by atoms with Gasteiger partial charge in [-0.15, -0.1) is 0 Å². The highest BCUT2D eigenvalue weighted by molar-refractivity contribution is 5.27. The lowest BCUT2D eigenvalue weighted by Crippen LogP contribution is -2.20. The minimum absolute atomic E-state index is 0.235. The van der Waals surface area contributed by atoms with Crippen LogP contribution in [0.5, 0.6) is 0 Å². The van der Waals surface area contributed by atoms with Gasteiger partial charge in [-0.05, 0) is 54.5 Å². The molecule has 0 radical (unpaired) electrons. The van der Waals surface area contributed by atoms with E-state index in [4.69, 9.17) is 4.74 Å². The van der Waals surface area contributed by atoms with Gasteiger partial charge >= 0.3 is 0 Å². The molecule has 2 atom stereocenters. The molecule has 0 aliphatic heterocycles. The minimum atomic E-state index is -2.44. The molecule has 2 unspecified atom stereocenters. The number of hydrogen-bond acceptors (Lipinski definition) is 2. The highest BCUT2D eigenvalue weighted by atomic mass is 19.3. The van der Waals surface area contributed by atoms with Gasteiger partial charge in [0.05, 0.1) is 18.8 Å². The van der Waals surface area contributed by atoms with Crippen LogP contribution >= 0.6 is 0 Å². The van der Waals surface area contributed by atoms with Crippen molar-refractivity contribution in [2.45, 2.75) is 71.2 Å². The first-order valence-corrected chi connectivity index (χ1v) is 11.7. The second kappa shape index (κ2) is 15.3. The normalized spacial score (nSPS) is 12.8. The Morgan fingerprint density at radius 1 is 0.657 bits per heavy atom. The van der Waals surface area contributed by atoms with Crippen molar-refractivity contribution >= 4 is 0 Å². The van der Waals surface area contributed by atoms with Crippen LogP contribution in [0.4, 0.5) is 17.6 Å². The quantitative estimate of drug-likeness (QED) is 0.285. The molecule has 3 aromatic rings. The Hall–Kier alpha value is -2.70. The summed E-state index contributed by atoms with van der Waals surface area (Å²) in [4.78, 5) is 0. The minimum Gasteiger partial charge on any atom is -0.393 e. The van der Waals surface area contributed by atoms with E-state index >= 15 is 0 Å². The zero-order chi connectivity index (χ0) is 25.6. The molecule has 3 aromatic carbocycles. The summed E-state index contributed by atoms with van der Waals surface area (Å²) in [7, 11) is 0. The van der Waals surface area contributed by atoms with Crippen LogP contribution < -0.4 is 0 Å². The number of aryl methyl sites for hydroxylation is 2. The molecule has 0 bridgehead atoms. The lowest BCUT2D eigenvalue weighted by atomic mass is 10.0. The van der Waals surface area contributed by atoms with Crippen LogP contribution in [0, 0.1) is 13.8 Å². The Kier molecular flexibility index (Phi) is 12.5. The van der Waals surface area contributed by atoms with Crippen LogP contribution in [0.25, 0.3) is 0 Å². The van der Waals surface area contributed by atoms with Crippen molar-refractivity contribution in [3.8, 4) is 0 Å². The molecule has 0 fully saturated rings. The van der Waals surface area contributed by atoms with Gasteiger partial charge in [0.15, 0.2) is 0 Å². The van der Waals surface area contributed by atoms with Crippen LogP contribution in [0.1, 0.15) is 40.7 Å². The van der Waals surface area contributed by atoms with E-state index in [0.717, 1.165) is 27.8 Å². The molecular formula is C29H34F4O2. The van der Waals surface area contributed by atoms with Gasteiger partial charge in [-0.2, -0.15) is 0 Å². The van der Waals surface area contributed by atoms with E-state index in [0.29, 0.717) is 19.4 Å². The van der Waals surface area contributed by atoms with Gasteiger partial charge in [-0.3, -0.25) is 0 Å². The lowest BCUT2D eigenvalue weighted by Gasteiger charge is -2.19. The van der Waals surface area contributed by atoms with Crippen molar-refractivity contribution in [2.24, 2.45) is 0 Å². The van der Waals surface area contributed by atoms with Gasteiger partial charge in [0, 0.05) is 12.8 Å². The first-order valence-electron chi connectivity index (χ1n) is 11.7. The molecule has 0 aromatic heterocycles. The van der Waals surface area contributed by atoms with Crippen LogP contribution in [0.3, 0.4) is 0 Å². The maximum Gasteiger partial charge on any atom is 0.241 e. The maximum absolute atomic E-state index is 12.7. The zero-order valence-corrected chi connectivity index (χ0v) is 20.2. The molecular weight excluding hydrogens is 456 g/mol. The van der Waals surface area contributed by atoms with Crippen LogP contribution in [-0.2, 0) is 24.2 Å². The van der Waals surface area contributed by atoms with Gasteiger partial charge in [-0.1, -0.05) is 78.9 Å². The second-order valence-electron chi connectivity index (χ2n) is 8.59. The highest BCUT2D eigenvalue weighted by Gasteiger charge is 2.17. The van der Waals surface area contributed by atoms with Crippen molar-refractivity contribution in [1.29, 1.82) is 0 Å². The summed E-state index contributed by atoms with van der Waals surface area (Å²) in [5, 5.41) is 9.32. The molecule has 190 valence electrons. The number of rotatable bonds is 11. The molecule has 0 heterocycles. The van der Waals surface area contributed by atoms with Gasteiger partial charge in [-0.25, -0.2) is 17.6 Å². The summed E-state index contributed by atoms with van der Waals surface area (Å²) in [5.41, 5.74) is 5.14. The summed E-state index contributed by atoms with van der Waals surface area (Å²) in [6.07, 6.45) is -6.07. The SMILES string of the molecule is Cc1ccccc1CC(CC(F)F)OCc1ccccc1.Cc1ccccc1CC(O)CC(F)F. The summed E-state index contributed by atoms with van der Waals surface area (Å²) in [6.45, 7) is 4.26. The molecule has 0 aliphatic rings. The van der Waals surface area contributed by atoms with Crippen molar-refractivity contribution in [3.63, 3.8) is 0 Å². The van der Waals surface area contributed by atoms with Crippen LogP contribution in [0.2, 0.25) is 0 Å². The third-order valence-corrected chi connectivity index (χ3v) is 5.65. The molecule has 0 amide bonds. The van der Waals surface area contributed by atoms with Gasteiger partial charge in [0.1, 0.15) is 0 Å². The Labute approximate surface area is 205 Å². The first kappa shape index (κ1) is 28.5. The Bertz CT molecular complexity index is 979. The predicted molar refractivity (Wildman–Crippen MR) is 132 cm³/mol. The molecule has 0 aliphatic carbocycles. The third kappa shape index (κ3) is 11.5. The smallest absolute Gasteiger partial charge is 0.241 e. The summed E-state index contributed by atoms with van der Waals surface area (Å²) < 4.78 is 55.0. The summed E-state index contributed by atoms with van der Waals surface area (Å²) >= 11 is 0. The van der Waals surface area contributed by atoms with E-state index in [2.05, 4.69) is 0 Å².